The maximum absolute atomic E-state index is 13.5. The summed E-state index contributed by atoms with van der Waals surface area (Å²) in [7, 11) is -2.29. The zero-order chi connectivity index (χ0) is 15.6. The average Bonchev–Trinajstić information content (AvgIpc) is 2.81. The first-order chi connectivity index (χ1) is 9.81. The van der Waals surface area contributed by atoms with Crippen LogP contribution in [0, 0.1) is 15.9 Å². The molecule has 1 heterocycles. The summed E-state index contributed by atoms with van der Waals surface area (Å²) in [4.78, 5) is 13.1. The Morgan fingerprint density at radius 3 is 2.71 bits per heavy atom. The Labute approximate surface area is 119 Å². The molecule has 0 saturated heterocycles. The number of sulfonamides is 1. The number of halogens is 1. The summed E-state index contributed by atoms with van der Waals surface area (Å²) in [5.74, 6) is -0.735. The zero-order valence-electron chi connectivity index (χ0n) is 10.9. The van der Waals surface area contributed by atoms with Crippen molar-refractivity contribution in [1.29, 1.82) is 0 Å². The highest BCUT2D eigenvalue weighted by atomic mass is 32.2. The molecule has 0 fully saturated rings. The van der Waals surface area contributed by atoms with E-state index in [4.69, 9.17) is 0 Å². The molecule has 21 heavy (non-hydrogen) atoms. The van der Waals surface area contributed by atoms with Gasteiger partial charge in [-0.1, -0.05) is 0 Å². The molecule has 112 valence electrons. The second-order valence-corrected chi connectivity index (χ2v) is 5.92. The van der Waals surface area contributed by atoms with E-state index in [1.165, 1.54) is 6.20 Å². The van der Waals surface area contributed by atoms with Gasteiger partial charge in [0.1, 0.15) is 5.82 Å². The molecule has 2 rings (SSSR count). The van der Waals surface area contributed by atoms with Crippen molar-refractivity contribution in [1.82, 2.24) is 14.3 Å². The monoisotopic (exact) mass is 314 g/mol. The Balaban J connectivity index is 2.22. The second-order valence-electron chi connectivity index (χ2n) is 4.15. The van der Waals surface area contributed by atoms with Gasteiger partial charge in [-0.05, 0) is 6.07 Å². The van der Waals surface area contributed by atoms with Crippen LogP contribution in [0.5, 0.6) is 0 Å². The third-order valence-electron chi connectivity index (χ3n) is 2.77. The van der Waals surface area contributed by atoms with Crippen molar-refractivity contribution in [3.8, 4) is 0 Å². The molecule has 0 aliphatic heterocycles. The van der Waals surface area contributed by atoms with Gasteiger partial charge in [-0.3, -0.25) is 10.1 Å². The van der Waals surface area contributed by atoms with E-state index < -0.39 is 26.5 Å². The first-order valence-corrected chi connectivity index (χ1v) is 7.19. The van der Waals surface area contributed by atoms with Crippen LogP contribution in [-0.4, -0.2) is 22.9 Å². The number of hydrogen-bond donors (Lipinski definition) is 1. The molecule has 0 aliphatic rings. The number of hydrogen-bond acceptors (Lipinski definition) is 5. The van der Waals surface area contributed by atoms with Gasteiger partial charge in [-0.25, -0.2) is 18.1 Å². The molecule has 0 atom stereocenters. The lowest BCUT2D eigenvalue weighted by molar-refractivity contribution is -0.387. The molecule has 1 aromatic heterocycles. The van der Waals surface area contributed by atoms with Gasteiger partial charge in [-0.2, -0.15) is 4.39 Å². The predicted molar refractivity (Wildman–Crippen MR) is 70.3 cm³/mol. The molecule has 1 N–H and O–H groups in total. The third-order valence-corrected chi connectivity index (χ3v) is 4.17. The lowest BCUT2D eigenvalue weighted by Crippen LogP contribution is -2.24. The van der Waals surface area contributed by atoms with Gasteiger partial charge in [0.05, 0.1) is 16.4 Å². The summed E-state index contributed by atoms with van der Waals surface area (Å²) < 4.78 is 41.3. The Morgan fingerprint density at radius 2 is 2.19 bits per heavy atom. The smallest absolute Gasteiger partial charge is 0.304 e. The van der Waals surface area contributed by atoms with Gasteiger partial charge < -0.3 is 4.57 Å². The molecule has 1 aromatic carbocycles. The Kier molecular flexibility index (Phi) is 4.00. The first kappa shape index (κ1) is 15.1. The molecule has 0 amide bonds. The molecule has 0 saturated carbocycles. The molecule has 0 radical (unpaired) electrons. The van der Waals surface area contributed by atoms with Crippen LogP contribution in [0.2, 0.25) is 0 Å². The van der Waals surface area contributed by atoms with Crippen LogP contribution in [0.3, 0.4) is 0 Å². The number of aromatic nitrogens is 2. The summed E-state index contributed by atoms with van der Waals surface area (Å²) in [6, 6.07) is 2.39. The molecular formula is C11H11FN4O4S. The molecule has 2 aromatic rings. The quantitative estimate of drug-likeness (QED) is 0.653. The molecule has 10 heteroatoms. The molecule has 0 aliphatic carbocycles. The second kappa shape index (κ2) is 5.58. The van der Waals surface area contributed by atoms with Crippen LogP contribution in [0.4, 0.5) is 10.1 Å². The fourth-order valence-corrected chi connectivity index (χ4v) is 2.60. The lowest BCUT2D eigenvalue weighted by Gasteiger charge is -2.07. The lowest BCUT2D eigenvalue weighted by atomic mass is 10.3. The number of nitro benzene ring substituents is 1. The highest BCUT2D eigenvalue weighted by Gasteiger charge is 2.20. The highest BCUT2D eigenvalue weighted by molar-refractivity contribution is 7.89. The zero-order valence-corrected chi connectivity index (χ0v) is 11.7. The number of nitrogens with zero attached hydrogens (tertiary/aromatic N) is 3. The number of imidazole rings is 1. The van der Waals surface area contributed by atoms with Gasteiger partial charge in [-0.15, -0.1) is 0 Å². The predicted octanol–water partition coefficient (Wildman–Crippen LogP) is 0.946. The van der Waals surface area contributed by atoms with Crippen molar-refractivity contribution < 1.29 is 17.7 Å². The summed E-state index contributed by atoms with van der Waals surface area (Å²) >= 11 is 0. The number of nitrogens with one attached hydrogen (secondary N) is 1. The minimum Gasteiger partial charge on any atom is -0.337 e. The SMILES string of the molecule is Cn1ccnc1CNS(=O)(=O)c1ccc([N+](=O)[O-])c(F)c1. The average molecular weight is 314 g/mol. The van der Waals surface area contributed by atoms with E-state index in [0.29, 0.717) is 11.9 Å². The van der Waals surface area contributed by atoms with Crippen molar-refractivity contribution in [2.24, 2.45) is 7.05 Å². The van der Waals surface area contributed by atoms with Crippen molar-refractivity contribution in [3.63, 3.8) is 0 Å². The van der Waals surface area contributed by atoms with Crippen LogP contribution in [0.15, 0.2) is 35.5 Å². The van der Waals surface area contributed by atoms with Crippen LogP contribution in [-0.2, 0) is 23.6 Å². The van der Waals surface area contributed by atoms with Crippen molar-refractivity contribution in [3.05, 3.63) is 52.3 Å². The normalized spacial score (nSPS) is 11.5. The van der Waals surface area contributed by atoms with E-state index in [0.717, 1.165) is 12.1 Å². The fraction of sp³-hybridized carbons (Fsp3) is 0.182. The molecule has 8 nitrogen and oxygen atoms in total. The van der Waals surface area contributed by atoms with E-state index in [1.54, 1.807) is 17.8 Å². The van der Waals surface area contributed by atoms with Crippen LogP contribution < -0.4 is 4.72 Å². The summed E-state index contributed by atoms with van der Waals surface area (Å²) in [6.07, 6.45) is 3.16. The van der Waals surface area contributed by atoms with Crippen molar-refractivity contribution >= 4 is 15.7 Å². The van der Waals surface area contributed by atoms with E-state index in [-0.39, 0.29) is 11.4 Å². The number of rotatable bonds is 5. The third kappa shape index (κ3) is 3.23. The largest absolute Gasteiger partial charge is 0.337 e. The van der Waals surface area contributed by atoms with Crippen molar-refractivity contribution in [2.45, 2.75) is 11.4 Å². The van der Waals surface area contributed by atoms with E-state index in [1.807, 2.05) is 0 Å². The first-order valence-electron chi connectivity index (χ1n) is 5.71. The van der Waals surface area contributed by atoms with Crippen molar-refractivity contribution in [2.75, 3.05) is 0 Å². The topological polar surface area (TPSA) is 107 Å². The minimum atomic E-state index is -3.98. The van der Waals surface area contributed by atoms with Gasteiger partial charge in [0.15, 0.2) is 0 Å². The van der Waals surface area contributed by atoms with Crippen LogP contribution in [0.25, 0.3) is 0 Å². The number of aryl methyl sites for hydroxylation is 1. The van der Waals surface area contributed by atoms with Crippen LogP contribution >= 0.6 is 0 Å². The Bertz CT molecular complexity index is 787. The standard InChI is InChI=1S/C11H11FN4O4S/c1-15-5-4-13-11(15)7-14-21(19,20)8-2-3-10(16(17)18)9(12)6-8/h2-6,14H,7H2,1H3. The van der Waals surface area contributed by atoms with Gasteiger partial charge in [0.25, 0.3) is 0 Å². The maximum atomic E-state index is 13.5. The molecular weight excluding hydrogens is 303 g/mol. The van der Waals surface area contributed by atoms with Gasteiger partial charge >= 0.3 is 5.69 Å². The summed E-state index contributed by atoms with van der Waals surface area (Å²) in [5, 5.41) is 10.5. The van der Waals surface area contributed by atoms with E-state index in [2.05, 4.69) is 9.71 Å². The van der Waals surface area contributed by atoms with E-state index >= 15 is 0 Å². The summed E-state index contributed by atoms with van der Waals surface area (Å²) in [5.41, 5.74) is -0.780. The number of benzene rings is 1. The molecule has 0 unspecified atom stereocenters. The van der Waals surface area contributed by atoms with E-state index in [9.17, 15) is 22.9 Å². The number of nitro groups is 1. The van der Waals surface area contributed by atoms with Gasteiger partial charge in [0.2, 0.25) is 15.8 Å². The molecule has 0 bridgehead atoms. The Hall–Kier alpha value is -2.33. The fourth-order valence-electron chi connectivity index (χ4n) is 1.61. The van der Waals surface area contributed by atoms with Gasteiger partial charge in [0, 0.05) is 31.6 Å². The molecule has 0 spiro atoms. The minimum absolute atomic E-state index is 0.0789. The highest BCUT2D eigenvalue weighted by Crippen LogP contribution is 2.20. The van der Waals surface area contributed by atoms with Crippen LogP contribution in [0.1, 0.15) is 5.82 Å². The summed E-state index contributed by atoms with van der Waals surface area (Å²) in [6.45, 7) is -0.0789. The maximum Gasteiger partial charge on any atom is 0.304 e. The Morgan fingerprint density at radius 1 is 1.48 bits per heavy atom.